The van der Waals surface area contributed by atoms with Crippen molar-refractivity contribution in [2.24, 2.45) is 5.92 Å². The highest BCUT2D eigenvalue weighted by atomic mass is 16.6. The minimum atomic E-state index is 0.230. The third-order valence-corrected chi connectivity index (χ3v) is 2.06. The van der Waals surface area contributed by atoms with Crippen LogP contribution in [0.1, 0.15) is 34.1 Å². The molecule has 2 atom stereocenters. The van der Waals surface area contributed by atoms with E-state index in [9.17, 15) is 0 Å². The number of hydrogen-bond acceptors (Lipinski definition) is 1. The van der Waals surface area contributed by atoms with Crippen LogP contribution in [0.2, 0.25) is 0 Å². The van der Waals surface area contributed by atoms with Gasteiger partial charge in [0.2, 0.25) is 0 Å². The quantitative estimate of drug-likeness (QED) is 0.519. The largest absolute Gasteiger partial charge is 0.367 e. The molecule has 1 aliphatic heterocycles. The molecule has 1 rings (SSSR count). The van der Waals surface area contributed by atoms with Gasteiger partial charge in [0.05, 0.1) is 11.7 Å². The van der Waals surface area contributed by atoms with E-state index in [1.165, 1.54) is 6.42 Å². The molecule has 1 aliphatic rings. The molecular weight excluding hydrogens is 112 g/mol. The van der Waals surface area contributed by atoms with E-state index in [2.05, 4.69) is 27.7 Å². The molecule has 0 aromatic carbocycles. The van der Waals surface area contributed by atoms with Crippen LogP contribution in [0.5, 0.6) is 0 Å². The zero-order valence-electron chi connectivity index (χ0n) is 6.77. The van der Waals surface area contributed by atoms with Crippen molar-refractivity contribution in [1.29, 1.82) is 0 Å². The lowest BCUT2D eigenvalue weighted by Crippen LogP contribution is -2.11. The molecule has 1 nitrogen and oxygen atoms in total. The van der Waals surface area contributed by atoms with E-state index in [4.69, 9.17) is 4.74 Å². The normalized spacial score (nSPS) is 41.7. The van der Waals surface area contributed by atoms with Gasteiger partial charge >= 0.3 is 0 Å². The van der Waals surface area contributed by atoms with E-state index in [0.29, 0.717) is 6.10 Å². The Morgan fingerprint density at radius 3 is 2.11 bits per heavy atom. The zero-order chi connectivity index (χ0) is 7.07. The molecule has 0 amide bonds. The molecule has 1 saturated heterocycles. The van der Waals surface area contributed by atoms with Crippen LogP contribution < -0.4 is 0 Å². The number of hydrogen-bond donors (Lipinski definition) is 0. The number of epoxide rings is 1. The van der Waals surface area contributed by atoms with Gasteiger partial charge in [-0.3, -0.25) is 0 Å². The van der Waals surface area contributed by atoms with Crippen molar-refractivity contribution in [1.82, 2.24) is 0 Å². The van der Waals surface area contributed by atoms with E-state index in [0.717, 1.165) is 5.92 Å². The summed E-state index contributed by atoms with van der Waals surface area (Å²) in [6, 6.07) is 0. The van der Waals surface area contributed by atoms with Crippen LogP contribution in [-0.4, -0.2) is 11.7 Å². The minimum Gasteiger partial charge on any atom is -0.367 e. The lowest BCUT2D eigenvalue weighted by molar-refractivity contribution is 0.277. The van der Waals surface area contributed by atoms with Gasteiger partial charge in [0.25, 0.3) is 0 Å². The predicted molar refractivity (Wildman–Crippen MR) is 38.4 cm³/mol. The lowest BCUT2D eigenvalue weighted by Gasteiger charge is -2.07. The predicted octanol–water partition coefficient (Wildman–Crippen LogP) is 2.21. The van der Waals surface area contributed by atoms with E-state index in [1.807, 2.05) is 0 Å². The van der Waals surface area contributed by atoms with Crippen LogP contribution in [0.15, 0.2) is 0 Å². The Morgan fingerprint density at radius 1 is 1.56 bits per heavy atom. The summed E-state index contributed by atoms with van der Waals surface area (Å²) in [6.07, 6.45) is 1.70. The van der Waals surface area contributed by atoms with Crippen LogP contribution in [0.25, 0.3) is 0 Å². The van der Waals surface area contributed by atoms with Crippen LogP contribution >= 0.6 is 0 Å². The SMILES string of the molecule is CC(C)CC1(C)OC1C. The summed E-state index contributed by atoms with van der Waals surface area (Å²) in [5.74, 6) is 0.764. The van der Waals surface area contributed by atoms with Crippen molar-refractivity contribution in [3.05, 3.63) is 0 Å². The molecule has 0 spiro atoms. The molecule has 1 heterocycles. The zero-order valence-corrected chi connectivity index (χ0v) is 6.77. The Kier molecular flexibility index (Phi) is 1.55. The Morgan fingerprint density at radius 2 is 2.00 bits per heavy atom. The van der Waals surface area contributed by atoms with Crippen LogP contribution in [0.4, 0.5) is 0 Å². The van der Waals surface area contributed by atoms with Crippen LogP contribution in [0, 0.1) is 5.92 Å². The second-order valence-electron chi connectivity index (χ2n) is 3.67. The summed E-state index contributed by atoms with van der Waals surface area (Å²) in [5.41, 5.74) is 0.230. The van der Waals surface area contributed by atoms with E-state index in [1.54, 1.807) is 0 Å². The van der Waals surface area contributed by atoms with Gasteiger partial charge in [0.1, 0.15) is 0 Å². The third kappa shape index (κ3) is 1.45. The van der Waals surface area contributed by atoms with Crippen molar-refractivity contribution in [2.45, 2.75) is 45.8 Å². The van der Waals surface area contributed by atoms with Gasteiger partial charge < -0.3 is 4.74 Å². The maximum Gasteiger partial charge on any atom is 0.0920 e. The molecule has 2 unspecified atom stereocenters. The van der Waals surface area contributed by atoms with Crippen molar-refractivity contribution >= 4 is 0 Å². The first kappa shape index (κ1) is 7.07. The highest BCUT2D eigenvalue weighted by Gasteiger charge is 2.48. The highest BCUT2D eigenvalue weighted by Crippen LogP contribution is 2.40. The molecule has 9 heavy (non-hydrogen) atoms. The van der Waals surface area contributed by atoms with Crippen molar-refractivity contribution in [3.8, 4) is 0 Å². The van der Waals surface area contributed by atoms with Crippen molar-refractivity contribution in [2.75, 3.05) is 0 Å². The summed E-state index contributed by atoms with van der Waals surface area (Å²) in [6.45, 7) is 8.80. The smallest absolute Gasteiger partial charge is 0.0920 e. The fourth-order valence-corrected chi connectivity index (χ4v) is 1.39. The second-order valence-corrected chi connectivity index (χ2v) is 3.67. The average Bonchev–Trinajstić information content (AvgIpc) is 2.10. The Bertz CT molecular complexity index is 109. The van der Waals surface area contributed by atoms with Crippen LogP contribution in [-0.2, 0) is 4.74 Å². The standard InChI is InChI=1S/C8H16O/c1-6(2)5-8(4)7(3)9-8/h6-7H,5H2,1-4H3. The summed E-state index contributed by atoms with van der Waals surface area (Å²) in [4.78, 5) is 0. The van der Waals surface area contributed by atoms with Gasteiger partial charge in [-0.15, -0.1) is 0 Å². The van der Waals surface area contributed by atoms with Crippen molar-refractivity contribution in [3.63, 3.8) is 0 Å². The molecule has 0 radical (unpaired) electrons. The molecular formula is C8H16O. The van der Waals surface area contributed by atoms with Gasteiger partial charge in [-0.05, 0) is 26.2 Å². The van der Waals surface area contributed by atoms with Gasteiger partial charge in [-0.25, -0.2) is 0 Å². The first-order valence-corrected chi connectivity index (χ1v) is 3.72. The highest BCUT2D eigenvalue weighted by molar-refractivity contribution is 4.96. The fraction of sp³-hybridized carbons (Fsp3) is 1.00. The number of ether oxygens (including phenoxy) is 1. The fourth-order valence-electron chi connectivity index (χ4n) is 1.39. The summed E-state index contributed by atoms with van der Waals surface area (Å²) < 4.78 is 5.42. The van der Waals surface area contributed by atoms with Gasteiger partial charge in [0, 0.05) is 0 Å². The molecule has 0 bridgehead atoms. The Labute approximate surface area is 57.4 Å². The first-order chi connectivity index (χ1) is 4.04. The maximum absolute atomic E-state index is 5.42. The van der Waals surface area contributed by atoms with E-state index >= 15 is 0 Å². The molecule has 1 heteroatoms. The molecule has 1 fully saturated rings. The third-order valence-electron chi connectivity index (χ3n) is 2.06. The maximum atomic E-state index is 5.42. The topological polar surface area (TPSA) is 12.5 Å². The first-order valence-electron chi connectivity index (χ1n) is 3.72. The Hall–Kier alpha value is -0.0400. The molecule has 0 N–H and O–H groups in total. The van der Waals surface area contributed by atoms with Gasteiger partial charge in [-0.2, -0.15) is 0 Å². The average molecular weight is 128 g/mol. The molecule has 0 saturated carbocycles. The molecule has 54 valence electrons. The second kappa shape index (κ2) is 1.98. The summed E-state index contributed by atoms with van der Waals surface area (Å²) in [7, 11) is 0. The lowest BCUT2D eigenvalue weighted by atomic mass is 9.96. The van der Waals surface area contributed by atoms with E-state index in [-0.39, 0.29) is 5.60 Å². The molecule has 0 aliphatic carbocycles. The van der Waals surface area contributed by atoms with E-state index < -0.39 is 0 Å². The van der Waals surface area contributed by atoms with Crippen molar-refractivity contribution < 1.29 is 4.74 Å². The molecule has 0 aromatic heterocycles. The monoisotopic (exact) mass is 128 g/mol. The molecule has 0 aromatic rings. The summed E-state index contributed by atoms with van der Waals surface area (Å²) >= 11 is 0. The Balaban J connectivity index is 2.29. The van der Waals surface area contributed by atoms with Crippen LogP contribution in [0.3, 0.4) is 0 Å². The van der Waals surface area contributed by atoms with Gasteiger partial charge in [-0.1, -0.05) is 13.8 Å². The minimum absolute atomic E-state index is 0.230. The van der Waals surface area contributed by atoms with Gasteiger partial charge in [0.15, 0.2) is 0 Å². The number of rotatable bonds is 2. The summed E-state index contributed by atoms with van der Waals surface area (Å²) in [5, 5.41) is 0.